The zero-order chi connectivity index (χ0) is 31.0. The summed E-state index contributed by atoms with van der Waals surface area (Å²) >= 11 is 8.16. The highest BCUT2D eigenvalue weighted by Gasteiger charge is 2.43. The Morgan fingerprint density at radius 1 is 1.05 bits per heavy atom. The molecule has 1 aliphatic carbocycles. The molecular weight excluding hydrogens is 568 g/mol. The van der Waals surface area contributed by atoms with Crippen molar-refractivity contribution in [2.75, 3.05) is 5.75 Å². The Balaban J connectivity index is 1.51. The molecule has 0 heterocycles. The van der Waals surface area contributed by atoms with Crippen LogP contribution in [0.4, 0.5) is 0 Å². The molecular formula is C39H45ClO2S. The topological polar surface area (TPSA) is 37.3 Å². The summed E-state index contributed by atoms with van der Waals surface area (Å²) in [7, 11) is 0. The van der Waals surface area contributed by atoms with Crippen LogP contribution in [0.3, 0.4) is 0 Å². The number of benzene rings is 3. The van der Waals surface area contributed by atoms with Crippen molar-refractivity contribution in [3.63, 3.8) is 0 Å². The highest BCUT2D eigenvalue weighted by molar-refractivity contribution is 7.99. The quantitative estimate of drug-likeness (QED) is 0.173. The fourth-order valence-corrected chi connectivity index (χ4v) is 7.45. The van der Waals surface area contributed by atoms with E-state index in [1.54, 1.807) is 6.92 Å². The minimum atomic E-state index is -0.883. The van der Waals surface area contributed by atoms with E-state index in [9.17, 15) is 9.90 Å². The van der Waals surface area contributed by atoms with Crippen molar-refractivity contribution in [1.29, 1.82) is 0 Å². The molecule has 1 atom stereocenters. The molecule has 0 aliphatic heterocycles. The number of allylic oxidation sites excluding steroid dienone is 3. The lowest BCUT2D eigenvalue weighted by Crippen LogP contribution is -2.18. The van der Waals surface area contributed by atoms with Gasteiger partial charge in [0.2, 0.25) is 0 Å². The minimum absolute atomic E-state index is 0.170. The molecule has 0 radical (unpaired) electrons. The van der Waals surface area contributed by atoms with E-state index in [-0.39, 0.29) is 16.4 Å². The summed E-state index contributed by atoms with van der Waals surface area (Å²) < 4.78 is 0. The molecule has 3 aromatic rings. The van der Waals surface area contributed by atoms with Crippen LogP contribution in [-0.2, 0) is 23.2 Å². The smallest absolute Gasteiger partial charge is 0.130 e. The third kappa shape index (κ3) is 9.83. The van der Waals surface area contributed by atoms with Gasteiger partial charge < -0.3 is 9.90 Å². The van der Waals surface area contributed by atoms with Gasteiger partial charge in [-0.25, -0.2) is 0 Å². The summed E-state index contributed by atoms with van der Waals surface area (Å²) in [5, 5.41) is 11.8. The largest absolute Gasteiger partial charge is 0.386 e. The number of carbonyl (C=O) groups is 1. The number of carbonyl (C=O) groups excluding carboxylic acids is 1. The molecule has 1 N–H and O–H groups in total. The van der Waals surface area contributed by atoms with E-state index in [1.807, 2.05) is 56.0 Å². The summed E-state index contributed by atoms with van der Waals surface area (Å²) in [6, 6.07) is 23.0. The Hall–Kier alpha value is -2.85. The van der Waals surface area contributed by atoms with Crippen molar-refractivity contribution < 1.29 is 9.90 Å². The maximum atomic E-state index is 11.9. The van der Waals surface area contributed by atoms with E-state index in [1.165, 1.54) is 16.7 Å². The predicted octanol–water partition coefficient (Wildman–Crippen LogP) is 10.6. The molecule has 1 aliphatic rings. The minimum Gasteiger partial charge on any atom is -0.386 e. The highest BCUT2D eigenvalue weighted by atomic mass is 35.5. The molecule has 3 aromatic carbocycles. The second-order valence-corrected chi connectivity index (χ2v) is 14.2. The fourth-order valence-electron chi connectivity index (χ4n) is 5.68. The monoisotopic (exact) mass is 612 g/mol. The number of hydrogen-bond acceptors (Lipinski definition) is 3. The number of halogens is 1. The standard InChI is InChI=1S/C39H45ClO2S/c1-6-31-25-35(40)20-18-32(31)17-15-28(2)14-16-30-10-9-12-34(24-30)37(43-27-39(22-23-39)26-29(3)41)21-19-33-11-7-8-13-36(33)38(4,5)42/h7-18,20,24-25,37,42H,2,6,19,21-23,26-27H2,1,3-5H3/b16-14+,17-15-/t37-/m1/s1. The summed E-state index contributed by atoms with van der Waals surface area (Å²) in [5.74, 6) is 1.29. The molecule has 2 nitrogen and oxygen atoms in total. The number of rotatable bonds is 15. The van der Waals surface area contributed by atoms with Gasteiger partial charge >= 0.3 is 0 Å². The van der Waals surface area contributed by atoms with Crippen molar-refractivity contribution in [2.24, 2.45) is 5.41 Å². The first kappa shape index (κ1) is 33.1. The van der Waals surface area contributed by atoms with Crippen LogP contribution < -0.4 is 0 Å². The Kier molecular flexibility index (Phi) is 11.3. The van der Waals surface area contributed by atoms with Crippen LogP contribution in [-0.4, -0.2) is 16.6 Å². The molecule has 0 aromatic heterocycles. The van der Waals surface area contributed by atoms with E-state index in [0.29, 0.717) is 6.42 Å². The molecule has 4 rings (SSSR count). The maximum absolute atomic E-state index is 11.9. The third-order valence-electron chi connectivity index (χ3n) is 8.26. The van der Waals surface area contributed by atoms with Crippen molar-refractivity contribution >= 4 is 41.3 Å². The normalized spacial score (nSPS) is 15.2. The lowest BCUT2D eigenvalue weighted by Gasteiger charge is -2.24. The SMILES string of the molecule is C=C(/C=C\c1ccc(Cl)cc1CC)/C=C/c1cccc([C@@H](CCc2ccccc2C(C)(C)O)SCC2(CC(C)=O)CC2)c1. The lowest BCUT2D eigenvalue weighted by molar-refractivity contribution is -0.118. The Morgan fingerprint density at radius 3 is 2.49 bits per heavy atom. The molecule has 4 heteroatoms. The van der Waals surface area contributed by atoms with Gasteiger partial charge in [-0.2, -0.15) is 11.8 Å². The van der Waals surface area contributed by atoms with Gasteiger partial charge in [0, 0.05) is 16.7 Å². The van der Waals surface area contributed by atoms with E-state index >= 15 is 0 Å². The molecule has 0 bridgehead atoms. The van der Waals surface area contributed by atoms with Gasteiger partial charge in [-0.15, -0.1) is 0 Å². The number of Topliss-reactive ketones (excluding diaryl/α,β-unsaturated/α-hetero) is 1. The zero-order valence-electron chi connectivity index (χ0n) is 26.0. The van der Waals surface area contributed by atoms with Crippen LogP contribution in [0.5, 0.6) is 0 Å². The molecule has 0 saturated heterocycles. The summed E-state index contributed by atoms with van der Waals surface area (Å²) in [6.07, 6.45) is 14.1. The predicted molar refractivity (Wildman–Crippen MR) is 187 cm³/mol. The van der Waals surface area contributed by atoms with Crippen molar-refractivity contribution in [3.8, 4) is 0 Å². The average Bonchev–Trinajstić information content (AvgIpc) is 3.73. The van der Waals surface area contributed by atoms with Crippen LogP contribution in [0.15, 0.2) is 91.0 Å². The summed E-state index contributed by atoms with van der Waals surface area (Å²) in [5.41, 5.74) is 7.21. The second-order valence-electron chi connectivity index (χ2n) is 12.5. The first-order valence-electron chi connectivity index (χ1n) is 15.3. The fraction of sp³-hybridized carbons (Fsp3) is 0.359. The van der Waals surface area contributed by atoms with Gasteiger partial charge in [0.05, 0.1) is 5.60 Å². The van der Waals surface area contributed by atoms with Crippen molar-refractivity contribution in [3.05, 3.63) is 129 Å². The molecule has 226 valence electrons. The molecule has 43 heavy (non-hydrogen) atoms. The summed E-state index contributed by atoms with van der Waals surface area (Å²) in [4.78, 5) is 11.9. The van der Waals surface area contributed by atoms with Gasteiger partial charge in [-0.3, -0.25) is 0 Å². The van der Waals surface area contributed by atoms with Crippen molar-refractivity contribution in [1.82, 2.24) is 0 Å². The highest BCUT2D eigenvalue weighted by Crippen LogP contribution is 2.53. The van der Waals surface area contributed by atoms with Gasteiger partial charge in [0.15, 0.2) is 0 Å². The van der Waals surface area contributed by atoms with Crippen LogP contribution >= 0.6 is 23.4 Å². The van der Waals surface area contributed by atoms with E-state index in [2.05, 4.69) is 74.2 Å². The first-order chi connectivity index (χ1) is 20.5. The molecule has 0 unspecified atom stereocenters. The van der Waals surface area contributed by atoms with Crippen molar-refractivity contribution in [2.45, 2.75) is 77.1 Å². The number of ketones is 1. The molecule has 1 saturated carbocycles. The third-order valence-corrected chi connectivity index (χ3v) is 10.2. The molecule has 0 spiro atoms. The van der Waals surface area contributed by atoms with Crippen LogP contribution in [0.25, 0.3) is 12.2 Å². The molecule has 1 fully saturated rings. The Morgan fingerprint density at radius 2 is 1.79 bits per heavy atom. The van der Waals surface area contributed by atoms with Crippen LogP contribution in [0, 0.1) is 5.41 Å². The zero-order valence-corrected chi connectivity index (χ0v) is 27.6. The van der Waals surface area contributed by atoms with Crippen LogP contribution in [0.2, 0.25) is 5.02 Å². The van der Waals surface area contributed by atoms with E-state index < -0.39 is 5.60 Å². The van der Waals surface area contributed by atoms with Gasteiger partial charge in [0.25, 0.3) is 0 Å². The Labute approximate surface area is 268 Å². The van der Waals surface area contributed by atoms with Gasteiger partial charge in [-0.05, 0) is 115 Å². The van der Waals surface area contributed by atoms with E-state index in [0.717, 1.165) is 65.1 Å². The number of aliphatic hydroxyl groups is 1. The van der Waals surface area contributed by atoms with E-state index in [4.69, 9.17) is 11.6 Å². The van der Waals surface area contributed by atoms with Gasteiger partial charge in [-0.1, -0.05) is 104 Å². The number of hydrogen-bond donors (Lipinski definition) is 1. The van der Waals surface area contributed by atoms with Gasteiger partial charge in [0.1, 0.15) is 5.78 Å². The second kappa shape index (κ2) is 14.8. The number of aryl methyl sites for hydroxylation is 2. The molecule has 0 amide bonds. The Bertz CT molecular complexity index is 1490. The summed E-state index contributed by atoms with van der Waals surface area (Å²) in [6.45, 7) is 11.8. The van der Waals surface area contributed by atoms with Crippen LogP contribution in [0.1, 0.15) is 92.0 Å². The maximum Gasteiger partial charge on any atom is 0.130 e. The first-order valence-corrected chi connectivity index (χ1v) is 16.8. The lowest BCUT2D eigenvalue weighted by atomic mass is 9.90. The average molecular weight is 613 g/mol. The number of thioether (sulfide) groups is 1.